The highest BCUT2D eigenvalue weighted by Crippen LogP contribution is 2.31. The van der Waals surface area contributed by atoms with E-state index in [1.54, 1.807) is 24.0 Å². The zero-order valence-corrected chi connectivity index (χ0v) is 17.3. The Kier molecular flexibility index (Phi) is 7.45. The first-order valence-corrected chi connectivity index (χ1v) is 9.84. The predicted molar refractivity (Wildman–Crippen MR) is 110 cm³/mol. The summed E-state index contributed by atoms with van der Waals surface area (Å²) >= 11 is 1.66. The minimum absolute atomic E-state index is 0.479. The fraction of sp³-hybridized carbons (Fsp3) is 0.450. The summed E-state index contributed by atoms with van der Waals surface area (Å²) < 4.78 is 6.02. The van der Waals surface area contributed by atoms with Crippen LogP contribution in [0.25, 0.3) is 0 Å². The molecule has 0 aliphatic heterocycles. The van der Waals surface area contributed by atoms with Crippen molar-refractivity contribution in [3.8, 4) is 11.6 Å². The molecule has 2 aromatic rings. The summed E-state index contributed by atoms with van der Waals surface area (Å²) in [5.74, 6) is 1.36. The zero-order valence-electron chi connectivity index (χ0n) is 16.5. The minimum atomic E-state index is 0.479. The Balaban J connectivity index is 2.18. The lowest BCUT2D eigenvalue weighted by Crippen LogP contribution is -2.14. The highest BCUT2D eigenvalue weighted by Gasteiger charge is 2.10. The first-order valence-electron chi connectivity index (χ1n) is 8.96. The maximum absolute atomic E-state index is 6.02. The van der Waals surface area contributed by atoms with Gasteiger partial charge in [-0.25, -0.2) is 9.98 Å². The van der Waals surface area contributed by atoms with Crippen molar-refractivity contribution in [1.82, 2.24) is 14.9 Å². The maximum atomic E-state index is 6.02. The molecule has 2 rings (SSSR count). The van der Waals surface area contributed by atoms with Crippen LogP contribution in [-0.4, -0.2) is 40.0 Å². The Morgan fingerprint density at radius 3 is 2.73 bits per heavy atom. The summed E-state index contributed by atoms with van der Waals surface area (Å²) in [7, 11) is 2.01. The van der Waals surface area contributed by atoms with E-state index in [2.05, 4.69) is 35.7 Å². The molecule has 1 atom stereocenters. The van der Waals surface area contributed by atoms with Gasteiger partial charge in [-0.3, -0.25) is 0 Å². The second-order valence-corrected chi connectivity index (χ2v) is 7.74. The molecule has 26 heavy (non-hydrogen) atoms. The molecule has 1 aromatic carbocycles. The van der Waals surface area contributed by atoms with Gasteiger partial charge in [0.1, 0.15) is 5.75 Å². The van der Waals surface area contributed by atoms with E-state index in [-0.39, 0.29) is 0 Å². The Labute approximate surface area is 160 Å². The monoisotopic (exact) mass is 372 g/mol. The number of ether oxygens (including phenoxy) is 1. The van der Waals surface area contributed by atoms with Gasteiger partial charge in [0.25, 0.3) is 0 Å². The molecule has 6 heteroatoms. The van der Waals surface area contributed by atoms with Gasteiger partial charge in [-0.2, -0.15) is 4.98 Å². The van der Waals surface area contributed by atoms with Crippen LogP contribution in [0.5, 0.6) is 11.6 Å². The van der Waals surface area contributed by atoms with Crippen LogP contribution in [0.15, 0.2) is 34.5 Å². The highest BCUT2D eigenvalue weighted by molar-refractivity contribution is 7.99. The third-order valence-electron chi connectivity index (χ3n) is 4.09. The van der Waals surface area contributed by atoms with Crippen molar-refractivity contribution in [2.24, 2.45) is 4.99 Å². The Morgan fingerprint density at radius 2 is 2.04 bits per heavy atom. The molecular weight excluding hydrogens is 344 g/mol. The molecule has 0 radical (unpaired) electrons. The number of thioether (sulfide) groups is 1. The molecule has 0 saturated carbocycles. The molecule has 0 aliphatic carbocycles. The number of hydrogen-bond acceptors (Lipinski definition) is 5. The summed E-state index contributed by atoms with van der Waals surface area (Å²) in [5, 5.41) is 1.22. The third-order valence-corrected chi connectivity index (χ3v) is 5.23. The Morgan fingerprint density at radius 1 is 1.27 bits per heavy atom. The molecule has 0 N–H and O–H groups in total. The van der Waals surface area contributed by atoms with Gasteiger partial charge in [0.05, 0.1) is 12.0 Å². The van der Waals surface area contributed by atoms with Gasteiger partial charge in [-0.1, -0.05) is 25.6 Å². The van der Waals surface area contributed by atoms with Crippen LogP contribution in [-0.2, 0) is 0 Å². The van der Waals surface area contributed by atoms with Crippen LogP contribution in [0.4, 0.5) is 5.69 Å². The van der Waals surface area contributed by atoms with E-state index in [1.807, 2.05) is 44.3 Å². The van der Waals surface area contributed by atoms with Crippen LogP contribution >= 0.6 is 11.8 Å². The molecule has 1 heterocycles. The van der Waals surface area contributed by atoms with E-state index >= 15 is 0 Å². The maximum Gasteiger partial charge on any atom is 0.223 e. The molecular formula is C20H28N4OS. The van der Waals surface area contributed by atoms with Crippen molar-refractivity contribution >= 4 is 23.8 Å². The number of hydrogen-bond donors (Lipinski definition) is 0. The quantitative estimate of drug-likeness (QED) is 0.269. The van der Waals surface area contributed by atoms with E-state index < -0.39 is 0 Å². The van der Waals surface area contributed by atoms with Crippen LogP contribution in [0.2, 0.25) is 0 Å². The molecule has 0 aliphatic rings. The lowest BCUT2D eigenvalue weighted by Gasteiger charge is -2.13. The normalized spacial score (nSPS) is 12.4. The molecule has 0 fully saturated rings. The lowest BCUT2D eigenvalue weighted by atomic mass is 10.1. The summed E-state index contributed by atoms with van der Waals surface area (Å²) in [6.07, 6.45) is 4.67. The number of rotatable bonds is 8. The number of benzene rings is 1. The fourth-order valence-electron chi connectivity index (χ4n) is 2.08. The second-order valence-electron chi connectivity index (χ2n) is 6.34. The zero-order chi connectivity index (χ0) is 19.1. The van der Waals surface area contributed by atoms with E-state index in [1.165, 1.54) is 0 Å². The molecule has 0 saturated heterocycles. The summed E-state index contributed by atoms with van der Waals surface area (Å²) in [4.78, 5) is 15.4. The molecule has 0 bridgehead atoms. The van der Waals surface area contributed by atoms with Gasteiger partial charge < -0.3 is 9.64 Å². The Hall–Kier alpha value is -2.08. The van der Waals surface area contributed by atoms with Crippen LogP contribution in [0.3, 0.4) is 0 Å². The van der Waals surface area contributed by atoms with Crippen molar-refractivity contribution in [2.45, 2.75) is 51.4 Å². The van der Waals surface area contributed by atoms with Gasteiger partial charge in [-0.15, -0.1) is 0 Å². The first kappa shape index (κ1) is 20.2. The van der Waals surface area contributed by atoms with Gasteiger partial charge in [0.15, 0.2) is 5.16 Å². The summed E-state index contributed by atoms with van der Waals surface area (Å²) in [6, 6.07) is 5.84. The van der Waals surface area contributed by atoms with E-state index in [0.717, 1.165) is 40.7 Å². The van der Waals surface area contributed by atoms with Gasteiger partial charge >= 0.3 is 0 Å². The molecule has 0 amide bonds. The predicted octanol–water partition coefficient (Wildman–Crippen LogP) is 5.39. The highest BCUT2D eigenvalue weighted by atomic mass is 32.2. The molecule has 5 nitrogen and oxygen atoms in total. The molecule has 1 aromatic heterocycles. The molecule has 0 spiro atoms. The number of nitrogens with zero attached hydrogens (tertiary/aromatic N) is 4. The topological polar surface area (TPSA) is 50.6 Å². The van der Waals surface area contributed by atoms with E-state index in [4.69, 9.17) is 4.74 Å². The fourth-order valence-corrected chi connectivity index (χ4v) is 2.87. The van der Waals surface area contributed by atoms with Crippen molar-refractivity contribution in [1.29, 1.82) is 0 Å². The smallest absolute Gasteiger partial charge is 0.223 e. The number of aryl methyl sites for hydroxylation is 2. The lowest BCUT2D eigenvalue weighted by molar-refractivity contribution is 0.452. The standard InChI is InChI=1S/C20H28N4OS/c1-7-16(5)26-20-21-10-9-19(23-20)25-18-12-14(3)17(11-15(18)4)22-13-24(6)8-2/h9-13,16H,7-8H2,1-6H3/t16-/m1/s1. The van der Waals surface area contributed by atoms with Crippen molar-refractivity contribution in [2.75, 3.05) is 13.6 Å². The number of aromatic nitrogens is 2. The summed E-state index contributed by atoms with van der Waals surface area (Å²) in [5.41, 5.74) is 3.04. The van der Waals surface area contributed by atoms with E-state index in [0.29, 0.717) is 11.1 Å². The van der Waals surface area contributed by atoms with Gasteiger partial charge in [-0.05, 0) is 50.5 Å². The van der Waals surface area contributed by atoms with Gasteiger partial charge in [0, 0.05) is 31.1 Å². The van der Waals surface area contributed by atoms with E-state index in [9.17, 15) is 0 Å². The summed E-state index contributed by atoms with van der Waals surface area (Å²) in [6.45, 7) is 11.4. The first-order chi connectivity index (χ1) is 12.4. The largest absolute Gasteiger partial charge is 0.439 e. The average Bonchev–Trinajstić information content (AvgIpc) is 2.63. The second kappa shape index (κ2) is 9.57. The number of aliphatic imine (C=N–C) groups is 1. The van der Waals surface area contributed by atoms with Gasteiger partial charge in [0.2, 0.25) is 5.88 Å². The van der Waals surface area contributed by atoms with Crippen molar-refractivity contribution < 1.29 is 4.74 Å². The van der Waals surface area contributed by atoms with Crippen LogP contribution in [0, 0.1) is 13.8 Å². The van der Waals surface area contributed by atoms with Crippen molar-refractivity contribution in [3.63, 3.8) is 0 Å². The molecule has 140 valence electrons. The van der Waals surface area contributed by atoms with Crippen molar-refractivity contribution in [3.05, 3.63) is 35.5 Å². The SMILES string of the molecule is CC[C@@H](C)Sc1nccc(Oc2cc(C)c(N=CN(C)CC)cc2C)n1. The van der Waals surface area contributed by atoms with Crippen LogP contribution < -0.4 is 4.74 Å². The third kappa shape index (κ3) is 5.73. The van der Waals surface area contributed by atoms with Crippen LogP contribution in [0.1, 0.15) is 38.3 Å². The Bertz CT molecular complexity index is 763. The molecule has 0 unspecified atom stereocenters. The average molecular weight is 373 g/mol. The minimum Gasteiger partial charge on any atom is -0.439 e.